The smallest absolute Gasteiger partial charge is 0.328 e. The Bertz CT molecular complexity index is 858. The van der Waals surface area contributed by atoms with Crippen LogP contribution in [0.1, 0.15) is 11.3 Å². The van der Waals surface area contributed by atoms with Gasteiger partial charge in [0.25, 0.3) is 5.56 Å². The third kappa shape index (κ3) is 3.54. The second-order valence-corrected chi connectivity index (χ2v) is 5.97. The second kappa shape index (κ2) is 6.88. The van der Waals surface area contributed by atoms with E-state index < -0.39 is 42.3 Å². The van der Waals surface area contributed by atoms with Crippen LogP contribution in [-0.4, -0.2) is 70.9 Å². The van der Waals surface area contributed by atoms with Crippen LogP contribution in [0.4, 0.5) is 0 Å². The summed E-state index contributed by atoms with van der Waals surface area (Å²) in [6.45, 7) is 1.38. The first-order chi connectivity index (χ1) is 11.9. The van der Waals surface area contributed by atoms with Crippen molar-refractivity contribution in [1.29, 1.82) is 0 Å². The SMILES string of the molecule is Cc1cn(Cc2cnn(C[C@H]3O[C@H](CO)[C@@H](O)[C@@H]3O)n2)c(=O)[nH]c1=O. The first-order valence-corrected chi connectivity index (χ1v) is 7.71. The van der Waals surface area contributed by atoms with Crippen molar-refractivity contribution in [3.8, 4) is 0 Å². The van der Waals surface area contributed by atoms with Crippen LogP contribution in [0.2, 0.25) is 0 Å². The number of nitrogens with zero attached hydrogens (tertiary/aromatic N) is 4. The summed E-state index contributed by atoms with van der Waals surface area (Å²) in [4.78, 5) is 26.6. The van der Waals surface area contributed by atoms with Crippen LogP contribution in [0.3, 0.4) is 0 Å². The van der Waals surface area contributed by atoms with E-state index in [-0.39, 0.29) is 13.1 Å². The van der Waals surface area contributed by atoms with E-state index in [4.69, 9.17) is 9.84 Å². The van der Waals surface area contributed by atoms with Crippen molar-refractivity contribution in [1.82, 2.24) is 24.5 Å². The number of hydrogen-bond donors (Lipinski definition) is 4. The van der Waals surface area contributed by atoms with Gasteiger partial charge in [0, 0.05) is 11.8 Å². The van der Waals surface area contributed by atoms with E-state index in [1.807, 2.05) is 0 Å². The number of H-pyrrole nitrogens is 1. The number of aromatic nitrogens is 5. The Morgan fingerprint density at radius 3 is 2.68 bits per heavy atom. The van der Waals surface area contributed by atoms with Crippen LogP contribution in [0.15, 0.2) is 22.0 Å². The molecule has 4 atom stereocenters. The summed E-state index contributed by atoms with van der Waals surface area (Å²) in [6.07, 6.45) is -1.05. The highest BCUT2D eigenvalue weighted by atomic mass is 16.6. The maximum atomic E-state index is 11.8. The standard InChI is InChI=1S/C14H19N5O6/c1-7-3-18(14(24)16-13(7)23)4-8-2-15-19(17-8)5-9-11(21)12(22)10(6-20)25-9/h2-3,9-12,20-22H,4-6H2,1H3,(H,16,23,24)/t9-,10-,11-,12-/m1/s1. The lowest BCUT2D eigenvalue weighted by Gasteiger charge is -2.13. The predicted octanol–water partition coefficient (Wildman–Crippen LogP) is -3.03. The Kier molecular flexibility index (Phi) is 4.81. The molecule has 3 rings (SSSR count). The number of hydrogen-bond acceptors (Lipinski definition) is 8. The molecule has 0 bridgehead atoms. The van der Waals surface area contributed by atoms with Gasteiger partial charge in [-0.15, -0.1) is 0 Å². The number of nitrogens with one attached hydrogen (secondary N) is 1. The minimum Gasteiger partial charge on any atom is -0.394 e. The second-order valence-electron chi connectivity index (χ2n) is 5.97. The Morgan fingerprint density at radius 2 is 2.00 bits per heavy atom. The van der Waals surface area contributed by atoms with Crippen molar-refractivity contribution in [2.24, 2.45) is 0 Å². The topological polar surface area (TPSA) is 155 Å². The van der Waals surface area contributed by atoms with Gasteiger partial charge in [-0.2, -0.15) is 15.0 Å². The average Bonchev–Trinajstić information content (AvgIpc) is 3.12. The van der Waals surface area contributed by atoms with Gasteiger partial charge in [-0.25, -0.2) is 4.79 Å². The first kappa shape index (κ1) is 17.5. The minimum atomic E-state index is -1.17. The van der Waals surface area contributed by atoms with Crippen molar-refractivity contribution in [2.75, 3.05) is 6.61 Å². The predicted molar refractivity (Wildman–Crippen MR) is 82.9 cm³/mol. The van der Waals surface area contributed by atoms with Gasteiger partial charge in [-0.05, 0) is 6.92 Å². The third-order valence-electron chi connectivity index (χ3n) is 4.09. The lowest BCUT2D eigenvalue weighted by Crippen LogP contribution is -2.35. The largest absolute Gasteiger partial charge is 0.394 e. The van der Waals surface area contributed by atoms with Crippen LogP contribution >= 0.6 is 0 Å². The molecule has 2 aromatic heterocycles. The van der Waals surface area contributed by atoms with Gasteiger partial charge in [-0.1, -0.05) is 0 Å². The van der Waals surface area contributed by atoms with Gasteiger partial charge in [0.2, 0.25) is 0 Å². The molecule has 11 nitrogen and oxygen atoms in total. The fourth-order valence-electron chi connectivity index (χ4n) is 2.69. The van der Waals surface area contributed by atoms with E-state index in [1.54, 1.807) is 6.92 Å². The van der Waals surface area contributed by atoms with Gasteiger partial charge in [0.05, 0.1) is 25.9 Å². The molecular weight excluding hydrogens is 334 g/mol. The summed E-state index contributed by atoms with van der Waals surface area (Å²) in [5, 5.41) is 37.0. The van der Waals surface area contributed by atoms with Crippen molar-refractivity contribution in [3.05, 3.63) is 44.5 Å². The van der Waals surface area contributed by atoms with Crippen molar-refractivity contribution in [3.63, 3.8) is 0 Å². The molecule has 25 heavy (non-hydrogen) atoms. The van der Waals surface area contributed by atoms with Gasteiger partial charge in [0.1, 0.15) is 30.1 Å². The van der Waals surface area contributed by atoms with Gasteiger partial charge in [-0.3, -0.25) is 14.3 Å². The molecule has 1 fully saturated rings. The number of aliphatic hydroxyl groups excluding tert-OH is 3. The molecule has 1 aliphatic heterocycles. The summed E-state index contributed by atoms with van der Waals surface area (Å²) >= 11 is 0. The molecule has 0 aromatic carbocycles. The van der Waals surface area contributed by atoms with E-state index in [0.29, 0.717) is 11.3 Å². The molecule has 0 spiro atoms. The molecule has 0 radical (unpaired) electrons. The Labute approximate surface area is 141 Å². The van der Waals surface area contributed by atoms with Crippen LogP contribution < -0.4 is 11.2 Å². The molecule has 1 saturated heterocycles. The summed E-state index contributed by atoms with van der Waals surface area (Å²) in [7, 11) is 0. The molecule has 0 unspecified atom stereocenters. The van der Waals surface area contributed by atoms with Crippen LogP contribution in [0, 0.1) is 6.92 Å². The van der Waals surface area contributed by atoms with E-state index in [9.17, 15) is 19.8 Å². The summed E-state index contributed by atoms with van der Waals surface area (Å²) in [5.74, 6) is 0. The van der Waals surface area contributed by atoms with Crippen LogP contribution in [0.5, 0.6) is 0 Å². The highest BCUT2D eigenvalue weighted by Crippen LogP contribution is 2.21. The zero-order chi connectivity index (χ0) is 18.1. The fraction of sp³-hybridized carbons (Fsp3) is 0.571. The maximum absolute atomic E-state index is 11.8. The highest BCUT2D eigenvalue weighted by Gasteiger charge is 2.42. The summed E-state index contributed by atoms with van der Waals surface area (Å²) < 4.78 is 6.67. The zero-order valence-electron chi connectivity index (χ0n) is 13.4. The monoisotopic (exact) mass is 353 g/mol. The average molecular weight is 353 g/mol. The number of aryl methyl sites for hydroxylation is 1. The van der Waals surface area contributed by atoms with Gasteiger partial charge < -0.3 is 20.1 Å². The molecular formula is C14H19N5O6. The Hall–Kier alpha value is -2.34. The number of aromatic amines is 1. The van der Waals surface area contributed by atoms with E-state index in [0.717, 1.165) is 0 Å². The van der Waals surface area contributed by atoms with Crippen LogP contribution in [-0.2, 0) is 17.8 Å². The number of ether oxygens (including phenoxy) is 1. The molecule has 11 heteroatoms. The molecule has 0 saturated carbocycles. The lowest BCUT2D eigenvalue weighted by molar-refractivity contribution is -0.0287. The maximum Gasteiger partial charge on any atom is 0.328 e. The highest BCUT2D eigenvalue weighted by molar-refractivity contribution is 5.03. The fourth-order valence-corrected chi connectivity index (χ4v) is 2.69. The minimum absolute atomic E-state index is 0.0777. The van der Waals surface area contributed by atoms with E-state index in [1.165, 1.54) is 21.8 Å². The zero-order valence-corrected chi connectivity index (χ0v) is 13.4. The Balaban J connectivity index is 1.70. The van der Waals surface area contributed by atoms with Crippen molar-refractivity contribution in [2.45, 2.75) is 44.4 Å². The first-order valence-electron chi connectivity index (χ1n) is 7.71. The molecule has 2 aromatic rings. The molecule has 0 amide bonds. The number of rotatable bonds is 5. The van der Waals surface area contributed by atoms with Gasteiger partial charge >= 0.3 is 5.69 Å². The Morgan fingerprint density at radius 1 is 1.28 bits per heavy atom. The summed E-state index contributed by atoms with van der Waals surface area (Å²) in [6, 6.07) is 0. The third-order valence-corrected chi connectivity index (χ3v) is 4.09. The number of aliphatic hydroxyl groups is 3. The lowest BCUT2D eigenvalue weighted by atomic mass is 10.1. The summed E-state index contributed by atoms with van der Waals surface area (Å²) in [5.41, 5.74) is -0.110. The quantitative estimate of drug-likeness (QED) is 0.442. The van der Waals surface area contributed by atoms with Crippen LogP contribution in [0.25, 0.3) is 0 Å². The molecule has 0 aliphatic carbocycles. The molecule has 4 N–H and O–H groups in total. The van der Waals surface area contributed by atoms with E-state index in [2.05, 4.69) is 15.2 Å². The van der Waals surface area contributed by atoms with Crippen molar-refractivity contribution < 1.29 is 20.1 Å². The molecule has 136 valence electrons. The molecule has 3 heterocycles. The molecule has 1 aliphatic rings. The van der Waals surface area contributed by atoms with Crippen molar-refractivity contribution >= 4 is 0 Å². The normalized spacial score (nSPS) is 26.2. The van der Waals surface area contributed by atoms with E-state index >= 15 is 0 Å². The van der Waals surface area contributed by atoms with Gasteiger partial charge in [0.15, 0.2) is 0 Å².